The lowest BCUT2D eigenvalue weighted by Gasteiger charge is -2.34. The van der Waals surface area contributed by atoms with Crippen molar-refractivity contribution in [1.29, 1.82) is 0 Å². The van der Waals surface area contributed by atoms with Crippen LogP contribution in [0.4, 0.5) is 10.1 Å². The lowest BCUT2D eigenvalue weighted by atomic mass is 9.78. The molecule has 1 fully saturated rings. The normalized spacial score (nSPS) is 18.3. The molecule has 1 aliphatic rings. The van der Waals surface area contributed by atoms with E-state index in [0.717, 1.165) is 0 Å². The summed E-state index contributed by atoms with van der Waals surface area (Å²) in [5.41, 5.74) is 4.85. The van der Waals surface area contributed by atoms with Crippen LogP contribution in [0.1, 0.15) is 12.8 Å². The summed E-state index contributed by atoms with van der Waals surface area (Å²) in [4.78, 5) is 12.5. The summed E-state index contributed by atoms with van der Waals surface area (Å²) in [6.07, 6.45) is 0.599. The van der Waals surface area contributed by atoms with Crippen molar-refractivity contribution in [3.63, 3.8) is 0 Å². The number of carbonyl (C=O) groups excluding carboxylic acids is 1. The molecule has 0 aromatic heterocycles. The number of nitrogens with zero attached hydrogens (tertiary/aromatic N) is 1. The third-order valence-corrected chi connectivity index (χ3v) is 4.20. The minimum Gasteiger partial charge on any atom is -0.409 e. The first-order chi connectivity index (χ1) is 9.99. The highest BCUT2D eigenvalue weighted by Gasteiger charge is 2.44. The van der Waals surface area contributed by atoms with E-state index < -0.39 is 17.1 Å². The average molecular weight is 360 g/mol. The van der Waals surface area contributed by atoms with Crippen molar-refractivity contribution < 1.29 is 19.1 Å². The lowest BCUT2D eigenvalue weighted by Crippen LogP contribution is -2.50. The Labute approximate surface area is 129 Å². The van der Waals surface area contributed by atoms with E-state index in [4.69, 9.17) is 15.7 Å². The number of hydrogen-bond donors (Lipinski definition) is 3. The number of anilines is 1. The Bertz CT molecular complexity index is 574. The topological polar surface area (TPSA) is 96.9 Å². The van der Waals surface area contributed by atoms with Gasteiger partial charge in [-0.05, 0) is 47.0 Å². The van der Waals surface area contributed by atoms with Crippen LogP contribution in [0.5, 0.6) is 0 Å². The van der Waals surface area contributed by atoms with Gasteiger partial charge < -0.3 is 21.0 Å². The van der Waals surface area contributed by atoms with Gasteiger partial charge in [-0.15, -0.1) is 0 Å². The van der Waals surface area contributed by atoms with Gasteiger partial charge in [-0.1, -0.05) is 5.16 Å². The quantitative estimate of drug-likeness (QED) is 0.333. The fraction of sp³-hybridized carbons (Fsp3) is 0.385. The van der Waals surface area contributed by atoms with Crippen LogP contribution in [0.3, 0.4) is 0 Å². The SMILES string of the molecule is NC(=NO)C1(C(=O)Nc2ccc(Br)c(F)c2)CCOCC1. The Balaban J connectivity index is 2.24. The molecule has 0 unspecified atom stereocenters. The molecule has 6 nitrogen and oxygen atoms in total. The van der Waals surface area contributed by atoms with Crippen molar-refractivity contribution in [2.45, 2.75) is 12.8 Å². The lowest BCUT2D eigenvalue weighted by molar-refractivity contribution is -0.126. The van der Waals surface area contributed by atoms with E-state index in [2.05, 4.69) is 26.4 Å². The van der Waals surface area contributed by atoms with Gasteiger partial charge in [0.05, 0.1) is 4.47 Å². The van der Waals surface area contributed by atoms with E-state index in [-0.39, 0.29) is 5.84 Å². The van der Waals surface area contributed by atoms with Crippen LogP contribution in [-0.4, -0.2) is 30.2 Å². The van der Waals surface area contributed by atoms with E-state index in [1.165, 1.54) is 12.1 Å². The summed E-state index contributed by atoms with van der Waals surface area (Å²) in [6, 6.07) is 4.25. The summed E-state index contributed by atoms with van der Waals surface area (Å²) in [5.74, 6) is -1.10. The predicted molar refractivity (Wildman–Crippen MR) is 78.6 cm³/mol. The first-order valence-electron chi connectivity index (χ1n) is 6.32. The maximum absolute atomic E-state index is 13.5. The molecule has 1 heterocycles. The van der Waals surface area contributed by atoms with Gasteiger partial charge in [0.2, 0.25) is 5.91 Å². The molecule has 0 radical (unpaired) electrons. The van der Waals surface area contributed by atoms with Gasteiger partial charge in [-0.2, -0.15) is 0 Å². The Kier molecular flexibility index (Phi) is 4.79. The van der Waals surface area contributed by atoms with E-state index in [1.54, 1.807) is 6.07 Å². The molecular weight excluding hydrogens is 345 g/mol. The van der Waals surface area contributed by atoms with E-state index in [9.17, 15) is 9.18 Å². The second-order valence-electron chi connectivity index (χ2n) is 4.76. The number of amides is 1. The second kappa shape index (κ2) is 6.40. The number of benzene rings is 1. The molecule has 1 aliphatic heterocycles. The number of nitrogens with one attached hydrogen (secondary N) is 1. The summed E-state index contributed by atoms with van der Waals surface area (Å²) < 4.78 is 19.0. The van der Waals surface area contributed by atoms with Crippen LogP contribution in [0.25, 0.3) is 0 Å². The number of rotatable bonds is 3. The van der Waals surface area contributed by atoms with Crippen molar-refractivity contribution in [2.24, 2.45) is 16.3 Å². The van der Waals surface area contributed by atoms with Crippen LogP contribution in [0.2, 0.25) is 0 Å². The van der Waals surface area contributed by atoms with Crippen molar-refractivity contribution >= 4 is 33.4 Å². The molecule has 8 heteroatoms. The number of carbonyl (C=O) groups is 1. The number of amidine groups is 1. The Morgan fingerprint density at radius 1 is 1.48 bits per heavy atom. The van der Waals surface area contributed by atoms with Crippen molar-refractivity contribution in [1.82, 2.24) is 0 Å². The molecular formula is C13H15BrFN3O3. The van der Waals surface area contributed by atoms with Crippen LogP contribution < -0.4 is 11.1 Å². The molecule has 114 valence electrons. The van der Waals surface area contributed by atoms with Gasteiger partial charge in [-0.3, -0.25) is 4.79 Å². The third kappa shape index (κ3) is 3.16. The summed E-state index contributed by atoms with van der Waals surface area (Å²) >= 11 is 3.04. The highest BCUT2D eigenvalue weighted by Crippen LogP contribution is 2.32. The highest BCUT2D eigenvalue weighted by atomic mass is 79.9. The molecule has 0 bridgehead atoms. The predicted octanol–water partition coefficient (Wildman–Crippen LogP) is 2.07. The third-order valence-electron chi connectivity index (χ3n) is 3.56. The maximum Gasteiger partial charge on any atom is 0.238 e. The zero-order valence-corrected chi connectivity index (χ0v) is 12.7. The summed E-state index contributed by atoms with van der Waals surface area (Å²) in [5, 5.41) is 14.5. The maximum atomic E-state index is 13.5. The van der Waals surface area contributed by atoms with E-state index >= 15 is 0 Å². The fourth-order valence-corrected chi connectivity index (χ4v) is 2.49. The fourth-order valence-electron chi connectivity index (χ4n) is 2.24. The first-order valence-corrected chi connectivity index (χ1v) is 7.11. The molecule has 1 saturated heterocycles. The Hall–Kier alpha value is -1.67. The average Bonchev–Trinajstić information content (AvgIpc) is 2.50. The van der Waals surface area contributed by atoms with Gasteiger partial charge in [-0.25, -0.2) is 4.39 Å². The zero-order chi connectivity index (χ0) is 15.5. The number of ether oxygens (including phenoxy) is 1. The van der Waals surface area contributed by atoms with Gasteiger partial charge >= 0.3 is 0 Å². The van der Waals surface area contributed by atoms with Crippen LogP contribution in [-0.2, 0) is 9.53 Å². The minimum absolute atomic E-state index is 0.166. The number of halogens is 2. The Morgan fingerprint density at radius 3 is 2.71 bits per heavy atom. The molecule has 0 saturated carbocycles. The van der Waals surface area contributed by atoms with Crippen molar-refractivity contribution in [3.05, 3.63) is 28.5 Å². The molecule has 1 amide bonds. The van der Waals surface area contributed by atoms with Crippen molar-refractivity contribution in [2.75, 3.05) is 18.5 Å². The largest absolute Gasteiger partial charge is 0.409 e. The molecule has 1 aromatic carbocycles. The zero-order valence-electron chi connectivity index (χ0n) is 11.1. The van der Waals surface area contributed by atoms with Crippen LogP contribution in [0, 0.1) is 11.2 Å². The molecule has 1 aromatic rings. The van der Waals surface area contributed by atoms with Gasteiger partial charge in [0.1, 0.15) is 11.2 Å². The van der Waals surface area contributed by atoms with E-state index in [1.807, 2.05) is 0 Å². The minimum atomic E-state index is -1.14. The standard InChI is InChI=1S/C13H15BrFN3O3/c14-9-2-1-8(7-10(9)15)17-12(19)13(11(16)18-20)3-5-21-6-4-13/h1-2,7,20H,3-6H2,(H2,16,18)(H,17,19). The number of hydrogen-bond acceptors (Lipinski definition) is 4. The van der Waals surface area contributed by atoms with E-state index in [0.29, 0.717) is 36.2 Å². The molecule has 4 N–H and O–H groups in total. The second-order valence-corrected chi connectivity index (χ2v) is 5.62. The van der Waals surface area contributed by atoms with Gasteiger partial charge in [0.25, 0.3) is 0 Å². The summed E-state index contributed by atoms with van der Waals surface area (Å²) in [7, 11) is 0. The van der Waals surface area contributed by atoms with Gasteiger partial charge in [0, 0.05) is 18.9 Å². The molecule has 0 atom stereocenters. The molecule has 0 aliphatic carbocycles. The Morgan fingerprint density at radius 2 is 2.14 bits per heavy atom. The van der Waals surface area contributed by atoms with Crippen molar-refractivity contribution in [3.8, 4) is 0 Å². The molecule has 21 heavy (non-hydrogen) atoms. The van der Waals surface area contributed by atoms with Crippen LogP contribution >= 0.6 is 15.9 Å². The number of oxime groups is 1. The smallest absolute Gasteiger partial charge is 0.238 e. The van der Waals surface area contributed by atoms with Gasteiger partial charge in [0.15, 0.2) is 5.84 Å². The highest BCUT2D eigenvalue weighted by molar-refractivity contribution is 9.10. The number of nitrogens with two attached hydrogens (primary N) is 1. The first kappa shape index (κ1) is 15.7. The monoisotopic (exact) mass is 359 g/mol. The molecule has 0 spiro atoms. The summed E-state index contributed by atoms with van der Waals surface area (Å²) in [6.45, 7) is 0.663. The molecule has 2 rings (SSSR count). The van der Waals surface area contributed by atoms with Crippen LogP contribution in [0.15, 0.2) is 27.8 Å².